The molecule has 136 valence electrons. The minimum absolute atomic E-state index is 0.223. The molecule has 0 aromatic heterocycles. The molecule has 3 amide bonds. The van der Waals surface area contributed by atoms with Gasteiger partial charge in [0, 0.05) is 6.54 Å². The second-order valence-electron chi connectivity index (χ2n) is 5.82. The lowest BCUT2D eigenvalue weighted by Crippen LogP contribution is -2.41. The Labute approximate surface area is 155 Å². The molecule has 6 nitrogen and oxygen atoms in total. The van der Waals surface area contributed by atoms with Crippen molar-refractivity contribution in [1.29, 1.82) is 0 Å². The van der Waals surface area contributed by atoms with Crippen LogP contribution in [-0.4, -0.2) is 31.1 Å². The molecule has 0 atom stereocenters. The van der Waals surface area contributed by atoms with Crippen molar-refractivity contribution in [1.82, 2.24) is 10.6 Å². The normalized spacial score (nSPS) is 10.4. The zero-order valence-electron chi connectivity index (χ0n) is 14.5. The van der Waals surface area contributed by atoms with Crippen LogP contribution in [0.2, 0.25) is 0 Å². The van der Waals surface area contributed by atoms with Gasteiger partial charge in [-0.25, -0.2) is 9.59 Å². The Kier molecular flexibility index (Phi) is 5.47. The summed E-state index contributed by atoms with van der Waals surface area (Å²) in [5.41, 5.74) is 0.396. The summed E-state index contributed by atoms with van der Waals surface area (Å²) in [4.78, 5) is 36.0. The van der Waals surface area contributed by atoms with Crippen LogP contribution in [0, 0.1) is 0 Å². The van der Waals surface area contributed by atoms with Gasteiger partial charge in [0.25, 0.3) is 5.91 Å². The lowest BCUT2D eigenvalue weighted by Gasteiger charge is -2.11. The lowest BCUT2D eigenvalue weighted by molar-refractivity contribution is -0.123. The maximum absolute atomic E-state index is 12.7. The Morgan fingerprint density at radius 1 is 0.963 bits per heavy atom. The highest BCUT2D eigenvalue weighted by molar-refractivity contribution is 6.16. The number of hydrogen-bond acceptors (Lipinski definition) is 4. The fourth-order valence-electron chi connectivity index (χ4n) is 2.81. The average Bonchev–Trinajstić information content (AvgIpc) is 2.68. The highest BCUT2D eigenvalue weighted by atomic mass is 16.5. The monoisotopic (exact) mass is 362 g/mol. The van der Waals surface area contributed by atoms with E-state index in [1.807, 2.05) is 54.6 Å². The molecule has 0 fully saturated rings. The number of esters is 1. The van der Waals surface area contributed by atoms with Crippen LogP contribution in [0.25, 0.3) is 21.5 Å². The number of nitrogens with one attached hydrogen (secondary N) is 2. The molecule has 3 aromatic carbocycles. The molecule has 0 bridgehead atoms. The van der Waals surface area contributed by atoms with Crippen molar-refractivity contribution >= 4 is 39.5 Å². The van der Waals surface area contributed by atoms with E-state index < -0.39 is 24.5 Å². The van der Waals surface area contributed by atoms with E-state index in [0.717, 1.165) is 21.5 Å². The molecule has 0 unspecified atom stereocenters. The van der Waals surface area contributed by atoms with Crippen molar-refractivity contribution in [3.8, 4) is 0 Å². The quantitative estimate of drug-likeness (QED) is 0.415. The van der Waals surface area contributed by atoms with Gasteiger partial charge in [-0.3, -0.25) is 10.1 Å². The third kappa shape index (κ3) is 4.12. The Balaban J connectivity index is 1.81. The molecule has 0 aliphatic carbocycles. The highest BCUT2D eigenvalue weighted by Gasteiger charge is 2.18. The fraction of sp³-hybridized carbons (Fsp3) is 0.0952. The third-order valence-corrected chi connectivity index (χ3v) is 3.97. The van der Waals surface area contributed by atoms with Crippen LogP contribution in [0.5, 0.6) is 0 Å². The number of rotatable bonds is 5. The van der Waals surface area contributed by atoms with Gasteiger partial charge in [-0.15, -0.1) is 6.58 Å². The van der Waals surface area contributed by atoms with Crippen LogP contribution < -0.4 is 10.6 Å². The first-order valence-electron chi connectivity index (χ1n) is 8.36. The van der Waals surface area contributed by atoms with Crippen molar-refractivity contribution in [2.24, 2.45) is 0 Å². The number of urea groups is 1. The molecular weight excluding hydrogens is 344 g/mol. The zero-order valence-corrected chi connectivity index (χ0v) is 14.5. The van der Waals surface area contributed by atoms with Crippen molar-refractivity contribution in [3.63, 3.8) is 0 Å². The van der Waals surface area contributed by atoms with Gasteiger partial charge in [0.2, 0.25) is 0 Å². The van der Waals surface area contributed by atoms with Gasteiger partial charge in [-0.2, -0.15) is 0 Å². The maximum atomic E-state index is 12.7. The van der Waals surface area contributed by atoms with Crippen LogP contribution in [0.1, 0.15) is 10.4 Å². The average molecular weight is 362 g/mol. The van der Waals surface area contributed by atoms with E-state index in [0.29, 0.717) is 5.56 Å². The van der Waals surface area contributed by atoms with Crippen LogP contribution >= 0.6 is 0 Å². The van der Waals surface area contributed by atoms with E-state index in [2.05, 4.69) is 17.2 Å². The molecule has 6 heteroatoms. The number of carbonyl (C=O) groups is 3. The van der Waals surface area contributed by atoms with Crippen molar-refractivity contribution < 1.29 is 19.1 Å². The van der Waals surface area contributed by atoms with Crippen LogP contribution in [0.15, 0.2) is 67.3 Å². The number of fused-ring (bicyclic) bond motifs is 2. The van der Waals surface area contributed by atoms with Crippen molar-refractivity contribution in [2.75, 3.05) is 13.2 Å². The number of hydrogen-bond donors (Lipinski definition) is 2. The molecule has 0 spiro atoms. The summed E-state index contributed by atoms with van der Waals surface area (Å²) in [7, 11) is 0. The standard InChI is InChI=1S/C21H18N2O4/c1-2-11-22-21(26)23-18(24)13-27-20(25)19-16-9-5-3-7-14(16)12-15-8-4-6-10-17(15)19/h2-10,12H,1,11,13H2,(H2,22,23,24,26). The summed E-state index contributed by atoms with van der Waals surface area (Å²) in [6.07, 6.45) is 1.48. The Hall–Kier alpha value is -3.67. The fourth-order valence-corrected chi connectivity index (χ4v) is 2.81. The first-order valence-corrected chi connectivity index (χ1v) is 8.36. The van der Waals surface area contributed by atoms with Gasteiger partial charge in [-0.1, -0.05) is 54.6 Å². The van der Waals surface area contributed by atoms with Gasteiger partial charge < -0.3 is 10.1 Å². The molecule has 3 aromatic rings. The molecule has 27 heavy (non-hydrogen) atoms. The molecule has 0 heterocycles. The molecule has 0 radical (unpaired) electrons. The number of carbonyl (C=O) groups excluding carboxylic acids is 3. The predicted octanol–water partition coefficient (Wildman–Crippen LogP) is 3.16. The number of imide groups is 1. The van der Waals surface area contributed by atoms with E-state index in [4.69, 9.17) is 4.74 Å². The van der Waals surface area contributed by atoms with E-state index in [1.54, 1.807) is 0 Å². The zero-order chi connectivity index (χ0) is 19.2. The lowest BCUT2D eigenvalue weighted by atomic mass is 9.97. The molecule has 0 saturated heterocycles. The van der Waals surface area contributed by atoms with Gasteiger partial charge in [0.1, 0.15) is 0 Å². The summed E-state index contributed by atoms with van der Waals surface area (Å²) in [6.45, 7) is 3.12. The number of amides is 3. The summed E-state index contributed by atoms with van der Waals surface area (Å²) >= 11 is 0. The van der Waals surface area contributed by atoms with Crippen LogP contribution in [-0.2, 0) is 9.53 Å². The Morgan fingerprint density at radius 2 is 1.56 bits per heavy atom. The number of ether oxygens (including phenoxy) is 1. The molecule has 0 aliphatic heterocycles. The smallest absolute Gasteiger partial charge is 0.339 e. The summed E-state index contributed by atoms with van der Waals surface area (Å²) < 4.78 is 5.16. The number of benzene rings is 3. The molecule has 0 aliphatic rings. The molecule has 3 rings (SSSR count). The Bertz CT molecular complexity index is 989. The van der Waals surface area contributed by atoms with Gasteiger partial charge in [-0.05, 0) is 27.6 Å². The summed E-state index contributed by atoms with van der Waals surface area (Å²) in [5.74, 6) is -1.33. The summed E-state index contributed by atoms with van der Waals surface area (Å²) in [6, 6.07) is 16.3. The van der Waals surface area contributed by atoms with Gasteiger partial charge >= 0.3 is 12.0 Å². The maximum Gasteiger partial charge on any atom is 0.339 e. The largest absolute Gasteiger partial charge is 0.452 e. The first kappa shape index (κ1) is 18.1. The van der Waals surface area contributed by atoms with Crippen molar-refractivity contribution in [2.45, 2.75) is 0 Å². The van der Waals surface area contributed by atoms with Gasteiger partial charge in [0.05, 0.1) is 5.56 Å². The predicted molar refractivity (Wildman–Crippen MR) is 103 cm³/mol. The van der Waals surface area contributed by atoms with E-state index >= 15 is 0 Å². The van der Waals surface area contributed by atoms with Crippen LogP contribution in [0.4, 0.5) is 4.79 Å². The van der Waals surface area contributed by atoms with Gasteiger partial charge in [0.15, 0.2) is 6.61 Å². The summed E-state index contributed by atoms with van der Waals surface area (Å²) in [5, 5.41) is 7.76. The third-order valence-electron chi connectivity index (χ3n) is 3.97. The molecular formula is C21H18N2O4. The van der Waals surface area contributed by atoms with E-state index in [1.165, 1.54) is 6.08 Å². The minimum Gasteiger partial charge on any atom is -0.452 e. The molecule has 0 saturated carbocycles. The minimum atomic E-state index is -0.713. The highest BCUT2D eigenvalue weighted by Crippen LogP contribution is 2.29. The van der Waals surface area contributed by atoms with Crippen LogP contribution in [0.3, 0.4) is 0 Å². The Morgan fingerprint density at radius 3 is 2.15 bits per heavy atom. The van der Waals surface area contributed by atoms with E-state index in [9.17, 15) is 14.4 Å². The second kappa shape index (κ2) is 8.14. The second-order valence-corrected chi connectivity index (χ2v) is 5.82. The van der Waals surface area contributed by atoms with E-state index in [-0.39, 0.29) is 6.54 Å². The molecule has 2 N–H and O–H groups in total. The SMILES string of the molecule is C=CCNC(=O)NC(=O)COC(=O)c1c2ccccc2cc2ccccc12. The van der Waals surface area contributed by atoms with Crippen molar-refractivity contribution in [3.05, 3.63) is 72.8 Å². The topological polar surface area (TPSA) is 84.5 Å². The first-order chi connectivity index (χ1) is 13.1.